The third-order valence-corrected chi connectivity index (χ3v) is 9.46. The van der Waals surface area contributed by atoms with Gasteiger partial charge in [0.2, 0.25) is 5.95 Å². The average molecular weight is 673 g/mol. The van der Waals surface area contributed by atoms with E-state index >= 15 is 0 Å². The van der Waals surface area contributed by atoms with E-state index in [2.05, 4.69) is 33.9 Å². The molecule has 0 spiro atoms. The van der Waals surface area contributed by atoms with Gasteiger partial charge in [0.05, 0.1) is 24.5 Å². The van der Waals surface area contributed by atoms with Gasteiger partial charge in [-0.1, -0.05) is 58.7 Å². The third-order valence-electron chi connectivity index (χ3n) is 7.83. The summed E-state index contributed by atoms with van der Waals surface area (Å²) >= 11 is 0. The van der Waals surface area contributed by atoms with Crippen LogP contribution in [0, 0.1) is 17.3 Å². The summed E-state index contributed by atoms with van der Waals surface area (Å²) < 4.78 is 38.9. The van der Waals surface area contributed by atoms with Crippen molar-refractivity contribution in [3.63, 3.8) is 0 Å². The van der Waals surface area contributed by atoms with Crippen molar-refractivity contribution in [2.45, 2.75) is 72.8 Å². The number of esters is 2. The Bertz CT molecular complexity index is 1670. The van der Waals surface area contributed by atoms with Crippen LogP contribution in [-0.2, 0) is 28.2 Å². The fourth-order valence-electron chi connectivity index (χ4n) is 5.07. The van der Waals surface area contributed by atoms with Gasteiger partial charge in [-0.3, -0.25) is 28.5 Å². The predicted octanol–water partition coefficient (Wildman–Crippen LogP) is 5.07. The van der Waals surface area contributed by atoms with Crippen molar-refractivity contribution in [3.05, 3.63) is 52.6 Å². The summed E-state index contributed by atoms with van der Waals surface area (Å²) in [6.07, 6.45) is 7.37. The number of carbonyl (C=O) groups excluding carboxylic acids is 2. The van der Waals surface area contributed by atoms with Crippen LogP contribution in [0.25, 0.3) is 17.4 Å². The fourth-order valence-corrected chi connectivity index (χ4v) is 6.65. The quantitative estimate of drug-likeness (QED) is 0.120. The lowest BCUT2D eigenvalue weighted by atomic mass is 9.99. The smallest absolute Gasteiger partial charge is 0.459 e. The molecular weight excluding hydrogens is 627 g/mol. The molecule has 1 saturated carbocycles. The van der Waals surface area contributed by atoms with E-state index in [0.717, 1.165) is 31.3 Å². The van der Waals surface area contributed by atoms with Gasteiger partial charge in [0.15, 0.2) is 11.2 Å². The second kappa shape index (κ2) is 15.7. The highest BCUT2D eigenvalue weighted by Gasteiger charge is 2.52. The Morgan fingerprint density at radius 3 is 2.47 bits per heavy atom. The number of aromatic amines is 1. The molecule has 0 bridgehead atoms. The first-order chi connectivity index (χ1) is 22.4. The van der Waals surface area contributed by atoms with Gasteiger partial charge in [-0.15, -0.1) is 0 Å². The molecule has 1 aliphatic rings. The number of hydrogen-bond donors (Lipinski definition) is 3. The summed E-state index contributed by atoms with van der Waals surface area (Å²) in [7, 11) is -4.21. The number of benzene rings is 1. The van der Waals surface area contributed by atoms with Crippen molar-refractivity contribution in [3.8, 4) is 5.75 Å². The minimum atomic E-state index is -4.21. The lowest BCUT2D eigenvalue weighted by Gasteiger charge is -2.25. The Kier molecular flexibility index (Phi) is 12.0. The van der Waals surface area contributed by atoms with Gasteiger partial charge in [-0.05, 0) is 49.8 Å². The lowest BCUT2D eigenvalue weighted by Crippen LogP contribution is -2.36. The highest BCUT2D eigenvalue weighted by molar-refractivity contribution is 7.52. The monoisotopic (exact) mass is 672 g/mol. The van der Waals surface area contributed by atoms with E-state index < -0.39 is 36.7 Å². The number of ether oxygens (including phenoxy) is 2. The topological polar surface area (TPSA) is 190 Å². The SMILES string of the molecule is CCCC(CCC)COC(=O)[C@H](C)N[P@](=O)(OC[C@@]1(COC(=O)C(C)C)C/C1=C/n1cnc2c(=O)[nH]c(N)nc21)Oc1ccccc1. The third kappa shape index (κ3) is 9.52. The molecule has 1 fully saturated rings. The second-order valence-electron chi connectivity index (χ2n) is 12.2. The van der Waals surface area contributed by atoms with Crippen LogP contribution in [0.1, 0.15) is 66.7 Å². The number of nitrogen functional groups attached to an aromatic ring is 1. The molecule has 256 valence electrons. The molecule has 0 radical (unpaired) electrons. The van der Waals surface area contributed by atoms with E-state index in [4.69, 9.17) is 24.3 Å². The van der Waals surface area contributed by atoms with Crippen molar-refractivity contribution in [1.29, 1.82) is 0 Å². The zero-order chi connectivity index (χ0) is 34.2. The number of nitrogens with zero attached hydrogens (tertiary/aromatic N) is 3. The number of carbonyl (C=O) groups is 2. The van der Waals surface area contributed by atoms with Crippen LogP contribution < -0.4 is 20.9 Å². The summed E-state index contributed by atoms with van der Waals surface area (Å²) in [6.45, 7) is 9.16. The molecule has 15 heteroatoms. The lowest BCUT2D eigenvalue weighted by molar-refractivity contribution is -0.149. The maximum Gasteiger partial charge on any atom is 0.459 e. The standard InChI is InChI=1S/C32H45N6O8P/c1-6-11-23(12-7-2)17-43-30(41)22(5)37-47(42,46-25-13-9-8-10-14-25)45-19-32(18-44-29(40)21(3)4)15-24(32)16-38-20-34-26-27(38)35-31(33)36-28(26)39/h8-10,13-14,16,20-23H,6-7,11-12,15,17-19H2,1-5H3,(H,37,42)(H3,33,35,36,39)/b24-16-/t22-,32-,47-/m0/s1. The van der Waals surface area contributed by atoms with Crippen LogP contribution in [-0.4, -0.2) is 57.3 Å². The van der Waals surface area contributed by atoms with Crippen LogP contribution in [0.2, 0.25) is 0 Å². The molecule has 1 aromatic carbocycles. The van der Waals surface area contributed by atoms with E-state index in [1.165, 1.54) is 13.3 Å². The molecule has 0 unspecified atom stereocenters. The van der Waals surface area contributed by atoms with Crippen molar-refractivity contribution in [2.75, 3.05) is 25.6 Å². The number of aromatic nitrogens is 4. The summed E-state index contributed by atoms with van der Waals surface area (Å²) in [5.74, 6) is -0.915. The number of para-hydroxylation sites is 1. The molecule has 4 N–H and O–H groups in total. The Balaban J connectivity index is 1.56. The molecule has 4 rings (SSSR count). The molecule has 3 atom stereocenters. The number of nitrogens with two attached hydrogens (primary N) is 1. The number of H-pyrrole nitrogens is 1. The average Bonchev–Trinajstić information content (AvgIpc) is 3.56. The minimum Gasteiger partial charge on any atom is -0.464 e. The minimum absolute atomic E-state index is 0.0668. The van der Waals surface area contributed by atoms with Crippen LogP contribution in [0.4, 0.5) is 5.95 Å². The first-order valence-corrected chi connectivity index (χ1v) is 17.5. The number of fused-ring (bicyclic) bond motifs is 1. The van der Waals surface area contributed by atoms with Crippen LogP contribution in [0.5, 0.6) is 5.75 Å². The first kappa shape index (κ1) is 35.8. The Morgan fingerprint density at radius 1 is 1.11 bits per heavy atom. The fraction of sp³-hybridized carbons (Fsp3) is 0.531. The molecule has 0 aliphatic heterocycles. The zero-order valence-electron chi connectivity index (χ0n) is 27.6. The summed E-state index contributed by atoms with van der Waals surface area (Å²) in [5.41, 5.74) is 5.48. The van der Waals surface area contributed by atoms with Gasteiger partial charge < -0.3 is 19.7 Å². The van der Waals surface area contributed by atoms with Gasteiger partial charge in [0.25, 0.3) is 5.56 Å². The van der Waals surface area contributed by atoms with Crippen LogP contribution >= 0.6 is 7.75 Å². The number of anilines is 1. The van der Waals surface area contributed by atoms with Gasteiger partial charge in [-0.2, -0.15) is 10.1 Å². The van der Waals surface area contributed by atoms with Crippen LogP contribution in [0.15, 0.2) is 47.0 Å². The molecule has 2 aromatic heterocycles. The summed E-state index contributed by atoms with van der Waals surface area (Å²) in [6, 6.07) is 7.43. The summed E-state index contributed by atoms with van der Waals surface area (Å²) in [4.78, 5) is 48.5. The largest absolute Gasteiger partial charge is 0.464 e. The highest BCUT2D eigenvalue weighted by atomic mass is 31.2. The Hall–Kier alpha value is -4.00. The molecule has 14 nitrogen and oxygen atoms in total. The number of rotatable bonds is 18. The van der Waals surface area contributed by atoms with Gasteiger partial charge in [-0.25, -0.2) is 9.55 Å². The Morgan fingerprint density at radius 2 is 1.81 bits per heavy atom. The molecule has 47 heavy (non-hydrogen) atoms. The van der Waals surface area contributed by atoms with Crippen LogP contribution in [0.3, 0.4) is 0 Å². The van der Waals surface area contributed by atoms with E-state index in [1.807, 2.05) is 0 Å². The molecule has 1 aliphatic carbocycles. The van der Waals surface area contributed by atoms with E-state index in [9.17, 15) is 18.9 Å². The van der Waals surface area contributed by atoms with Crippen molar-refractivity contribution >= 4 is 43.0 Å². The second-order valence-corrected chi connectivity index (χ2v) is 13.9. The molecule has 0 amide bonds. The molecular formula is C32H45N6O8P. The normalized spacial score (nSPS) is 18.7. The van der Waals surface area contributed by atoms with Gasteiger partial charge in [0, 0.05) is 6.20 Å². The molecule has 2 heterocycles. The molecule has 0 saturated heterocycles. The highest BCUT2D eigenvalue weighted by Crippen LogP contribution is 2.56. The van der Waals surface area contributed by atoms with Crippen molar-refractivity contribution in [2.24, 2.45) is 17.3 Å². The predicted molar refractivity (Wildman–Crippen MR) is 177 cm³/mol. The van der Waals surface area contributed by atoms with E-state index in [1.54, 1.807) is 54.9 Å². The Labute approximate surface area is 274 Å². The summed E-state index contributed by atoms with van der Waals surface area (Å²) in [5, 5.41) is 2.74. The number of imidazole rings is 1. The zero-order valence-corrected chi connectivity index (χ0v) is 28.5. The van der Waals surface area contributed by atoms with Gasteiger partial charge in [0.1, 0.15) is 24.7 Å². The maximum atomic E-state index is 14.3. The first-order valence-electron chi connectivity index (χ1n) is 15.9. The van der Waals surface area contributed by atoms with Crippen molar-refractivity contribution in [1.82, 2.24) is 24.6 Å². The number of nitrogens with one attached hydrogen (secondary N) is 2. The van der Waals surface area contributed by atoms with Crippen molar-refractivity contribution < 1.29 is 32.7 Å². The maximum absolute atomic E-state index is 14.3. The van der Waals surface area contributed by atoms with Gasteiger partial charge >= 0.3 is 19.7 Å². The van der Waals surface area contributed by atoms with E-state index in [-0.39, 0.29) is 54.5 Å². The number of hydrogen-bond acceptors (Lipinski definition) is 11. The molecule has 3 aromatic rings. The van der Waals surface area contributed by atoms with E-state index in [0.29, 0.717) is 6.42 Å².